The van der Waals surface area contributed by atoms with Gasteiger partial charge in [-0.2, -0.15) is 0 Å². The highest BCUT2D eigenvalue weighted by Crippen LogP contribution is 2.30. The Bertz CT molecular complexity index is 459. The first kappa shape index (κ1) is 36.2. The summed E-state index contributed by atoms with van der Waals surface area (Å²) in [4.78, 5) is 0. The van der Waals surface area contributed by atoms with Crippen LogP contribution in [-0.4, -0.2) is 71.4 Å². The molecule has 192 valence electrons. The molecule has 0 aromatic heterocycles. The van der Waals surface area contributed by atoms with Gasteiger partial charge in [0.15, 0.2) is 33.3 Å². The minimum Gasteiger partial charge on any atom is -0.456 e. The molecule has 3 unspecified atom stereocenters. The van der Waals surface area contributed by atoms with E-state index in [0.717, 1.165) is 31.9 Å². The van der Waals surface area contributed by atoms with Crippen LogP contribution in [0.2, 0.25) is 77.1 Å². The lowest BCUT2D eigenvalue weighted by Crippen LogP contribution is -2.45. The van der Waals surface area contributed by atoms with Crippen LogP contribution in [0.15, 0.2) is 0 Å². The number of epoxide rings is 3. The summed E-state index contributed by atoms with van der Waals surface area (Å²) >= 11 is 0. The zero-order chi connectivity index (χ0) is 20.5. The molecular formula is C22H58O5Si4. The maximum absolute atomic E-state index is 6.44. The number of ether oxygens (including phenoxy) is 3. The van der Waals surface area contributed by atoms with Crippen molar-refractivity contribution in [2.45, 2.75) is 125 Å². The van der Waals surface area contributed by atoms with E-state index in [9.17, 15) is 0 Å². The first-order valence-corrected chi connectivity index (χ1v) is 23.2. The van der Waals surface area contributed by atoms with E-state index in [2.05, 4.69) is 58.9 Å². The topological polar surface area (TPSA) is 56.0 Å². The summed E-state index contributed by atoms with van der Waals surface area (Å²) in [6.07, 6.45) is 1.55. The highest BCUT2D eigenvalue weighted by molar-refractivity contribution is 6.85. The molecule has 0 amide bonds. The molecule has 0 aromatic rings. The van der Waals surface area contributed by atoms with E-state index >= 15 is 0 Å². The molecule has 5 nitrogen and oxygen atoms in total. The second kappa shape index (κ2) is 13.5. The Hall–Kier alpha value is 0.668. The number of hydrogen-bond donors (Lipinski definition) is 0. The summed E-state index contributed by atoms with van der Waals surface area (Å²) in [5.74, 6) is 0. The monoisotopic (exact) mass is 514 g/mol. The predicted molar refractivity (Wildman–Crippen MR) is 149 cm³/mol. The molecule has 3 aliphatic heterocycles. The van der Waals surface area contributed by atoms with Gasteiger partial charge in [-0.1, -0.05) is 29.7 Å². The third-order valence-corrected chi connectivity index (χ3v) is 17.9. The Kier molecular flexibility index (Phi) is 15.8. The summed E-state index contributed by atoms with van der Waals surface area (Å²) in [6.45, 7) is 23.5. The maximum Gasteiger partial charge on any atom is 0.176 e. The van der Waals surface area contributed by atoms with Crippen molar-refractivity contribution in [2.24, 2.45) is 0 Å². The second-order valence-electron chi connectivity index (χ2n) is 11.1. The quantitative estimate of drug-likeness (QED) is 0.228. The second-order valence-corrected chi connectivity index (χ2v) is 28.7. The van der Waals surface area contributed by atoms with Crippen LogP contribution in [0.4, 0.5) is 0 Å². The van der Waals surface area contributed by atoms with Gasteiger partial charge >= 0.3 is 0 Å². The largest absolute Gasteiger partial charge is 0.456 e. The molecule has 3 rings (SSSR count). The van der Waals surface area contributed by atoms with Crippen LogP contribution in [0.25, 0.3) is 0 Å². The van der Waals surface area contributed by atoms with Gasteiger partial charge in [-0.25, -0.2) is 0 Å². The van der Waals surface area contributed by atoms with Crippen molar-refractivity contribution in [3.8, 4) is 0 Å². The summed E-state index contributed by atoms with van der Waals surface area (Å²) in [6, 6.07) is 3.50. The van der Waals surface area contributed by atoms with Gasteiger partial charge in [0, 0.05) is 0 Å². The summed E-state index contributed by atoms with van der Waals surface area (Å²) in [5, 5.41) is 0. The van der Waals surface area contributed by atoms with E-state index < -0.39 is 33.3 Å². The van der Waals surface area contributed by atoms with Crippen molar-refractivity contribution in [1.82, 2.24) is 0 Å². The van der Waals surface area contributed by atoms with Crippen LogP contribution in [0, 0.1) is 0 Å². The molecule has 3 heterocycles. The number of hydrogen-bond acceptors (Lipinski definition) is 5. The van der Waals surface area contributed by atoms with Gasteiger partial charge in [-0.05, 0) is 77.1 Å². The molecule has 9 heteroatoms. The van der Waals surface area contributed by atoms with Crippen LogP contribution < -0.4 is 0 Å². The van der Waals surface area contributed by atoms with Crippen molar-refractivity contribution in [2.75, 3.05) is 19.8 Å². The Morgan fingerprint density at radius 3 is 0.935 bits per heavy atom. The minimum atomic E-state index is -1.50. The van der Waals surface area contributed by atoms with Crippen molar-refractivity contribution in [3.05, 3.63) is 0 Å². The van der Waals surface area contributed by atoms with Crippen LogP contribution in [0.1, 0.15) is 29.7 Å². The average molecular weight is 515 g/mol. The molecule has 0 spiro atoms. The van der Waals surface area contributed by atoms with Crippen LogP contribution >= 0.6 is 0 Å². The van der Waals surface area contributed by atoms with Gasteiger partial charge in [-0.15, -0.1) is 0 Å². The van der Waals surface area contributed by atoms with Crippen LogP contribution in [0.5, 0.6) is 0 Å². The number of rotatable bonds is 10. The van der Waals surface area contributed by atoms with Gasteiger partial charge in [-0.3, -0.25) is 0 Å². The maximum atomic E-state index is 6.44. The lowest BCUT2D eigenvalue weighted by molar-refractivity contribution is 0.405. The first-order chi connectivity index (χ1) is 12.1. The Balaban J connectivity index is -0.000000457. The third kappa shape index (κ3) is 18.7. The van der Waals surface area contributed by atoms with Gasteiger partial charge in [0.05, 0.1) is 38.1 Å². The molecule has 0 bridgehead atoms. The minimum absolute atomic E-state index is 0. The van der Waals surface area contributed by atoms with Crippen molar-refractivity contribution < 1.29 is 22.4 Å². The van der Waals surface area contributed by atoms with Crippen LogP contribution in [-0.2, 0) is 22.4 Å². The van der Waals surface area contributed by atoms with Gasteiger partial charge in [0.25, 0.3) is 0 Å². The van der Waals surface area contributed by atoms with E-state index in [4.69, 9.17) is 22.4 Å². The fraction of sp³-hybridized carbons (Fsp3) is 1.00. The molecule has 0 aliphatic carbocycles. The molecule has 0 aromatic carbocycles. The Morgan fingerprint density at radius 2 is 0.742 bits per heavy atom. The van der Waals surface area contributed by atoms with E-state index in [-0.39, 0.29) is 29.7 Å². The van der Waals surface area contributed by atoms with Crippen LogP contribution in [0.3, 0.4) is 0 Å². The Morgan fingerprint density at radius 1 is 0.516 bits per heavy atom. The fourth-order valence-electron chi connectivity index (χ4n) is 3.90. The van der Waals surface area contributed by atoms with Gasteiger partial charge in [0.1, 0.15) is 0 Å². The lowest BCUT2D eigenvalue weighted by Gasteiger charge is -2.33. The molecule has 0 saturated carbocycles. The predicted octanol–water partition coefficient (Wildman–Crippen LogP) is 7.20. The molecule has 0 N–H and O–H groups in total. The molecular weight excluding hydrogens is 457 g/mol. The fourth-order valence-corrected chi connectivity index (χ4v) is 21.5. The van der Waals surface area contributed by atoms with Crippen molar-refractivity contribution in [3.63, 3.8) is 0 Å². The smallest absolute Gasteiger partial charge is 0.176 e. The zero-order valence-corrected chi connectivity index (χ0v) is 23.0. The summed E-state index contributed by atoms with van der Waals surface area (Å²) < 4.78 is 28.4. The first-order valence-electron chi connectivity index (χ1n) is 10.4. The van der Waals surface area contributed by atoms with E-state index in [0.29, 0.717) is 18.3 Å². The van der Waals surface area contributed by atoms with Crippen molar-refractivity contribution in [1.29, 1.82) is 0 Å². The SMILES string of the molecule is C.C.C.C.C[Si](C)(C)O[Si](C)(C)CC1CO1.C[Si](C)(CC1CO1)O[Si](C)(C)CC1CO1. The lowest BCUT2D eigenvalue weighted by atomic mass is 10.6. The summed E-state index contributed by atoms with van der Waals surface area (Å²) in [5.41, 5.74) is 0. The molecule has 3 atom stereocenters. The standard InChI is InChI=1S/C10H22O3Si2.C8H20O2Si2.4CH4/c1-14(2,7-9-5-11-9)13-15(3,4)8-10-6-12-10;1-11(2,3)10-12(4,5)7-8-6-9-8;;;;/h9-10H,5-8H2,1-4H3;8H,6-7H2,1-5H3;4*1H4. The Labute approximate surface area is 200 Å². The normalized spacial score (nSPS) is 24.1. The third-order valence-electron chi connectivity index (χ3n) is 4.50. The average Bonchev–Trinajstić information content (AvgIpc) is 3.21. The highest BCUT2D eigenvalue weighted by Gasteiger charge is 2.41. The van der Waals surface area contributed by atoms with E-state index in [1.54, 1.807) is 0 Å². The molecule has 0 radical (unpaired) electrons. The highest BCUT2D eigenvalue weighted by atomic mass is 28.4. The molecule has 3 fully saturated rings. The van der Waals surface area contributed by atoms with Gasteiger partial charge in [0.2, 0.25) is 0 Å². The molecule has 31 heavy (non-hydrogen) atoms. The van der Waals surface area contributed by atoms with E-state index in [1.807, 2.05) is 0 Å². The summed E-state index contributed by atoms with van der Waals surface area (Å²) in [7, 11) is -5.72. The van der Waals surface area contributed by atoms with E-state index in [1.165, 1.54) is 6.04 Å². The zero-order valence-electron chi connectivity index (χ0n) is 19.0. The van der Waals surface area contributed by atoms with Gasteiger partial charge < -0.3 is 22.4 Å². The molecule has 3 saturated heterocycles. The molecule has 3 aliphatic rings. The van der Waals surface area contributed by atoms with Crippen molar-refractivity contribution >= 4 is 33.3 Å².